The largest absolute Gasteiger partial charge is 0.497 e. The molecule has 0 unspecified atom stereocenters. The highest BCUT2D eigenvalue weighted by atomic mass is 19.3. The van der Waals surface area contributed by atoms with Crippen LogP contribution in [0.1, 0.15) is 39.9 Å². The van der Waals surface area contributed by atoms with E-state index in [0.29, 0.717) is 37.8 Å². The van der Waals surface area contributed by atoms with Gasteiger partial charge in [0.1, 0.15) is 5.75 Å². The van der Waals surface area contributed by atoms with Crippen molar-refractivity contribution in [2.45, 2.75) is 37.6 Å². The van der Waals surface area contributed by atoms with E-state index in [2.05, 4.69) is 21.3 Å². The number of ether oxygens (including phenoxy) is 3. The third-order valence-electron chi connectivity index (χ3n) is 9.05. The summed E-state index contributed by atoms with van der Waals surface area (Å²) in [6.07, 6.45) is 3.16. The van der Waals surface area contributed by atoms with Gasteiger partial charge < -0.3 is 29.3 Å². The second-order valence-electron chi connectivity index (χ2n) is 12.2. The average Bonchev–Trinajstić information content (AvgIpc) is 3.65. The Morgan fingerprint density at radius 3 is 2.58 bits per heavy atom. The minimum absolute atomic E-state index is 0.0846. The number of aromatic nitrogens is 4. The second-order valence-corrected chi connectivity index (χ2v) is 12.2. The first-order valence-corrected chi connectivity index (χ1v) is 15.8. The van der Waals surface area contributed by atoms with Crippen LogP contribution < -0.4 is 19.9 Å². The Hall–Kier alpha value is -5.14. The fourth-order valence-electron chi connectivity index (χ4n) is 6.37. The number of anilines is 3. The Kier molecular flexibility index (Phi) is 7.45. The van der Waals surface area contributed by atoms with E-state index in [4.69, 9.17) is 24.3 Å². The molecule has 1 N–H and O–H groups in total. The molecule has 2 aliphatic heterocycles. The third kappa shape index (κ3) is 5.48. The van der Waals surface area contributed by atoms with Gasteiger partial charge in [0, 0.05) is 55.6 Å². The van der Waals surface area contributed by atoms with Gasteiger partial charge in [-0.1, -0.05) is 30.3 Å². The maximum atomic E-state index is 13.7. The van der Waals surface area contributed by atoms with Crippen LogP contribution in [-0.4, -0.2) is 71.4 Å². The molecule has 0 bridgehead atoms. The first-order chi connectivity index (χ1) is 23.3. The van der Waals surface area contributed by atoms with Gasteiger partial charge in [0.25, 0.3) is 11.8 Å². The van der Waals surface area contributed by atoms with Crippen molar-refractivity contribution in [1.82, 2.24) is 24.9 Å². The molecular weight excluding hydrogens is 620 g/mol. The van der Waals surface area contributed by atoms with Gasteiger partial charge >= 0.3 is 0 Å². The van der Waals surface area contributed by atoms with Crippen LogP contribution >= 0.6 is 0 Å². The number of hydrogen-bond donors (Lipinski definition) is 1. The lowest BCUT2D eigenvalue weighted by atomic mass is 10.0. The van der Waals surface area contributed by atoms with E-state index in [9.17, 15) is 13.6 Å². The summed E-state index contributed by atoms with van der Waals surface area (Å²) in [5, 5.41) is 7.32. The van der Waals surface area contributed by atoms with Gasteiger partial charge in [0.15, 0.2) is 23.4 Å². The van der Waals surface area contributed by atoms with E-state index in [1.54, 1.807) is 13.3 Å². The van der Waals surface area contributed by atoms with Gasteiger partial charge in [-0.2, -0.15) is 0 Å². The number of nitrogens with zero attached hydrogens (tertiary/aromatic N) is 6. The zero-order chi connectivity index (χ0) is 33.0. The topological polar surface area (TPSA) is 106 Å². The number of benzene rings is 2. The van der Waals surface area contributed by atoms with Crippen molar-refractivity contribution in [3.05, 3.63) is 95.4 Å². The van der Waals surface area contributed by atoms with Crippen molar-refractivity contribution in [3.8, 4) is 17.0 Å². The number of imidazole rings is 1. The molecule has 1 saturated heterocycles. The van der Waals surface area contributed by atoms with Gasteiger partial charge in [0.2, 0.25) is 0 Å². The first-order valence-electron chi connectivity index (χ1n) is 15.8. The Bertz CT molecular complexity index is 2000. The average molecular weight is 654 g/mol. The van der Waals surface area contributed by atoms with Crippen LogP contribution in [0.4, 0.5) is 26.0 Å². The lowest BCUT2D eigenvalue weighted by Crippen LogP contribution is -2.30. The van der Waals surface area contributed by atoms with Crippen LogP contribution in [0.5, 0.6) is 5.75 Å². The van der Waals surface area contributed by atoms with Crippen molar-refractivity contribution < 1.29 is 27.8 Å². The zero-order valence-corrected chi connectivity index (χ0v) is 26.4. The van der Waals surface area contributed by atoms with Gasteiger partial charge in [-0.25, -0.2) is 18.3 Å². The van der Waals surface area contributed by atoms with E-state index in [1.807, 2.05) is 66.5 Å². The molecule has 2 fully saturated rings. The van der Waals surface area contributed by atoms with E-state index < -0.39 is 24.2 Å². The molecular formula is C35H33F2N7O4. The fraction of sp³-hybridized carbons (Fsp3) is 0.314. The fourth-order valence-corrected chi connectivity index (χ4v) is 6.37. The molecule has 0 spiro atoms. The zero-order valence-electron chi connectivity index (χ0n) is 26.4. The van der Waals surface area contributed by atoms with Crippen LogP contribution in [-0.2, 0) is 22.4 Å². The maximum absolute atomic E-state index is 13.7. The molecule has 0 radical (unpaired) electrons. The Labute approximate surface area is 275 Å². The number of carbonyl (C=O) groups excluding carboxylic acids is 1. The number of rotatable bonds is 9. The van der Waals surface area contributed by atoms with E-state index in [-0.39, 0.29) is 12.1 Å². The third-order valence-corrected chi connectivity index (χ3v) is 9.05. The molecule has 2 aromatic carbocycles. The summed E-state index contributed by atoms with van der Waals surface area (Å²) in [5.41, 5.74) is 7.11. The molecule has 8 rings (SSSR count). The highest BCUT2D eigenvalue weighted by Gasteiger charge is 2.58. The van der Waals surface area contributed by atoms with E-state index in [1.165, 1.54) is 10.7 Å². The number of halogens is 2. The van der Waals surface area contributed by atoms with Gasteiger partial charge in [-0.15, -0.1) is 5.10 Å². The molecule has 3 aromatic heterocycles. The summed E-state index contributed by atoms with van der Waals surface area (Å²) >= 11 is 0. The van der Waals surface area contributed by atoms with Crippen molar-refractivity contribution in [2.75, 3.05) is 43.7 Å². The lowest BCUT2D eigenvalue weighted by Gasteiger charge is -2.24. The predicted octanol–water partition coefficient (Wildman–Crippen LogP) is 5.31. The standard InChI is InChI=1S/C35H33F2N7O4/c1-42(20-21-6-9-23(46-2)10-7-21)28-16-31(41-44-29(19-39-32(28)44)33(45)40-30-17-35(30,36)37)43-13-12-25-24(4-3-5-27(25)43)26-11-8-22(18-38-26)34-47-14-15-48-34/h3-11,16,18-19,30,34H,12-15,17,20H2,1-2H3,(H,40,45)/t30-/m1/s1. The number of alkyl halides is 2. The second kappa shape index (κ2) is 11.8. The smallest absolute Gasteiger partial charge is 0.272 e. The number of nitrogens with one attached hydrogen (secondary N) is 1. The SMILES string of the molecule is COc1ccc(CN(C)c2cc(N3CCc4c(-c5ccc(C6OCCO6)cn5)cccc43)nn3c(C(=O)N[C@@H]4CC4(F)F)cnc23)cc1. The number of carbonyl (C=O) groups is 1. The number of fused-ring (bicyclic) bond motifs is 2. The summed E-state index contributed by atoms with van der Waals surface area (Å²) in [7, 11) is 3.57. The molecule has 13 heteroatoms. The molecule has 246 valence electrons. The Morgan fingerprint density at radius 2 is 1.88 bits per heavy atom. The summed E-state index contributed by atoms with van der Waals surface area (Å²) in [6.45, 7) is 2.30. The highest BCUT2D eigenvalue weighted by Crippen LogP contribution is 2.42. The summed E-state index contributed by atoms with van der Waals surface area (Å²) < 4.78 is 45.4. The lowest BCUT2D eigenvalue weighted by molar-refractivity contribution is -0.0443. The molecule has 3 aliphatic rings. The molecule has 11 nitrogen and oxygen atoms in total. The van der Waals surface area contributed by atoms with Crippen LogP contribution in [0.25, 0.3) is 16.9 Å². The predicted molar refractivity (Wildman–Crippen MR) is 174 cm³/mol. The summed E-state index contributed by atoms with van der Waals surface area (Å²) in [6, 6.07) is 18.6. The minimum atomic E-state index is -2.90. The summed E-state index contributed by atoms with van der Waals surface area (Å²) in [5.74, 6) is -2.19. The number of hydrogen-bond acceptors (Lipinski definition) is 9. The molecule has 5 aromatic rings. The number of pyridine rings is 1. The number of methoxy groups -OCH3 is 1. The maximum Gasteiger partial charge on any atom is 0.272 e. The normalized spacial score (nSPS) is 18.2. The van der Waals surface area contributed by atoms with Crippen molar-refractivity contribution in [2.24, 2.45) is 0 Å². The van der Waals surface area contributed by atoms with Gasteiger partial charge in [0.05, 0.1) is 43.9 Å². The summed E-state index contributed by atoms with van der Waals surface area (Å²) in [4.78, 5) is 26.6. The number of amides is 1. The molecule has 1 amide bonds. The monoisotopic (exact) mass is 653 g/mol. The minimum Gasteiger partial charge on any atom is -0.497 e. The molecule has 1 atom stereocenters. The van der Waals surface area contributed by atoms with Gasteiger partial charge in [-0.3, -0.25) is 9.78 Å². The Balaban J connectivity index is 1.16. The van der Waals surface area contributed by atoms with Crippen LogP contribution in [0.3, 0.4) is 0 Å². The van der Waals surface area contributed by atoms with E-state index >= 15 is 0 Å². The van der Waals surface area contributed by atoms with Crippen molar-refractivity contribution >= 4 is 28.7 Å². The van der Waals surface area contributed by atoms with Crippen molar-refractivity contribution in [1.29, 1.82) is 0 Å². The van der Waals surface area contributed by atoms with Crippen molar-refractivity contribution in [3.63, 3.8) is 0 Å². The molecule has 1 aliphatic carbocycles. The molecule has 48 heavy (non-hydrogen) atoms. The highest BCUT2D eigenvalue weighted by molar-refractivity contribution is 5.94. The van der Waals surface area contributed by atoms with Crippen LogP contribution in [0.15, 0.2) is 73.1 Å². The van der Waals surface area contributed by atoms with Crippen LogP contribution in [0.2, 0.25) is 0 Å². The quantitative estimate of drug-likeness (QED) is 0.227. The van der Waals surface area contributed by atoms with Gasteiger partial charge in [-0.05, 0) is 41.8 Å². The first kappa shape index (κ1) is 30.2. The van der Waals surface area contributed by atoms with E-state index in [0.717, 1.165) is 51.5 Å². The molecule has 5 heterocycles. The molecule has 1 saturated carbocycles. The Morgan fingerprint density at radius 1 is 1.08 bits per heavy atom. The van der Waals surface area contributed by atoms with Crippen LogP contribution in [0, 0.1) is 0 Å².